The molecule has 0 unspecified atom stereocenters. The molecule has 142 valence electrons. The number of carbonyl (C=O) groups excluding carboxylic acids is 2. The van der Waals surface area contributed by atoms with Crippen LogP contribution in [-0.4, -0.2) is 24.6 Å². The molecule has 2 aromatic carbocycles. The predicted octanol–water partition coefficient (Wildman–Crippen LogP) is 3.72. The third-order valence-electron chi connectivity index (χ3n) is 3.69. The van der Waals surface area contributed by atoms with Crippen LogP contribution in [0.15, 0.2) is 47.6 Å². The van der Waals surface area contributed by atoms with Gasteiger partial charge in [0.05, 0.1) is 25.6 Å². The summed E-state index contributed by atoms with van der Waals surface area (Å²) in [7, 11) is 1.54. The number of nitrogens with one attached hydrogen (secondary N) is 2. The molecule has 0 aromatic heterocycles. The SMILES string of the molecule is COc1ccc(C)cc1NC(=O)CC(C)=NNC(=O)Cc1ccc(Cl)cc1. The summed E-state index contributed by atoms with van der Waals surface area (Å²) < 4.78 is 5.24. The van der Waals surface area contributed by atoms with E-state index in [4.69, 9.17) is 16.3 Å². The number of nitrogens with zero attached hydrogens (tertiary/aromatic N) is 1. The number of amides is 2. The van der Waals surface area contributed by atoms with Crippen molar-refractivity contribution >= 4 is 34.8 Å². The van der Waals surface area contributed by atoms with Gasteiger partial charge in [0.25, 0.3) is 0 Å². The highest BCUT2D eigenvalue weighted by atomic mass is 35.5. The minimum atomic E-state index is -0.266. The van der Waals surface area contributed by atoms with E-state index < -0.39 is 0 Å². The highest BCUT2D eigenvalue weighted by Gasteiger charge is 2.10. The van der Waals surface area contributed by atoms with Crippen molar-refractivity contribution in [2.45, 2.75) is 26.7 Å². The van der Waals surface area contributed by atoms with Crippen molar-refractivity contribution < 1.29 is 14.3 Å². The molecule has 0 radical (unpaired) electrons. The van der Waals surface area contributed by atoms with E-state index >= 15 is 0 Å². The van der Waals surface area contributed by atoms with Crippen molar-refractivity contribution in [1.82, 2.24) is 5.43 Å². The summed E-state index contributed by atoms with van der Waals surface area (Å²) in [6, 6.07) is 12.5. The maximum atomic E-state index is 12.2. The van der Waals surface area contributed by atoms with Gasteiger partial charge in [0.2, 0.25) is 11.8 Å². The summed E-state index contributed by atoms with van der Waals surface area (Å²) in [5.74, 6) is 0.0735. The molecule has 0 aliphatic rings. The van der Waals surface area contributed by atoms with Gasteiger partial charge >= 0.3 is 0 Å². The normalized spacial score (nSPS) is 11.0. The van der Waals surface area contributed by atoms with Crippen LogP contribution in [0.5, 0.6) is 5.75 Å². The number of rotatable bonds is 7. The summed E-state index contributed by atoms with van der Waals surface area (Å²) in [6.07, 6.45) is 0.235. The Balaban J connectivity index is 1.87. The van der Waals surface area contributed by atoms with Crippen molar-refractivity contribution in [3.8, 4) is 5.75 Å². The highest BCUT2D eigenvalue weighted by Crippen LogP contribution is 2.25. The topological polar surface area (TPSA) is 79.8 Å². The highest BCUT2D eigenvalue weighted by molar-refractivity contribution is 6.30. The third-order valence-corrected chi connectivity index (χ3v) is 3.95. The Morgan fingerprint density at radius 1 is 1.11 bits per heavy atom. The Morgan fingerprint density at radius 3 is 2.48 bits per heavy atom. The second-order valence-corrected chi connectivity index (χ2v) is 6.55. The number of hydrogen-bond donors (Lipinski definition) is 2. The van der Waals surface area contributed by atoms with E-state index in [0.717, 1.165) is 11.1 Å². The second-order valence-electron chi connectivity index (χ2n) is 6.11. The van der Waals surface area contributed by atoms with E-state index in [-0.39, 0.29) is 24.7 Å². The first-order chi connectivity index (χ1) is 12.9. The second kappa shape index (κ2) is 9.73. The van der Waals surface area contributed by atoms with E-state index in [1.807, 2.05) is 19.1 Å². The predicted molar refractivity (Wildman–Crippen MR) is 107 cm³/mol. The largest absolute Gasteiger partial charge is 0.495 e. The van der Waals surface area contributed by atoms with E-state index in [9.17, 15) is 9.59 Å². The van der Waals surface area contributed by atoms with Crippen molar-refractivity contribution in [1.29, 1.82) is 0 Å². The molecule has 0 spiro atoms. The maximum Gasteiger partial charge on any atom is 0.244 e. The molecule has 0 saturated heterocycles. The van der Waals surface area contributed by atoms with Crippen LogP contribution in [0.1, 0.15) is 24.5 Å². The Hall–Kier alpha value is -2.86. The van der Waals surface area contributed by atoms with Crippen LogP contribution in [-0.2, 0) is 16.0 Å². The molecule has 2 N–H and O–H groups in total. The van der Waals surface area contributed by atoms with Crippen molar-refractivity contribution in [2.24, 2.45) is 5.10 Å². The van der Waals surface area contributed by atoms with E-state index in [1.165, 1.54) is 0 Å². The lowest BCUT2D eigenvalue weighted by Crippen LogP contribution is -2.23. The molecular weight excluding hydrogens is 366 g/mol. The Kier molecular flexibility index (Phi) is 7.37. The summed E-state index contributed by atoms with van der Waals surface area (Å²) in [4.78, 5) is 24.1. The fraction of sp³-hybridized carbons (Fsp3) is 0.250. The molecule has 0 atom stereocenters. The molecule has 0 aliphatic carbocycles. The molecule has 0 heterocycles. The van der Waals surface area contributed by atoms with Gasteiger partial charge in [0.1, 0.15) is 5.75 Å². The number of hydrazone groups is 1. The van der Waals surface area contributed by atoms with Crippen molar-refractivity contribution in [3.63, 3.8) is 0 Å². The van der Waals surface area contributed by atoms with Gasteiger partial charge in [0.15, 0.2) is 0 Å². The molecule has 2 amide bonds. The van der Waals surface area contributed by atoms with Gasteiger partial charge in [-0.3, -0.25) is 9.59 Å². The quantitative estimate of drug-likeness (QED) is 0.561. The molecule has 6 nitrogen and oxygen atoms in total. The van der Waals surface area contributed by atoms with E-state index in [2.05, 4.69) is 15.8 Å². The van der Waals surface area contributed by atoms with E-state index in [0.29, 0.717) is 22.2 Å². The number of hydrogen-bond acceptors (Lipinski definition) is 4. The molecule has 2 rings (SSSR count). The zero-order chi connectivity index (χ0) is 19.8. The van der Waals surface area contributed by atoms with Crippen LogP contribution < -0.4 is 15.5 Å². The van der Waals surface area contributed by atoms with Gasteiger partial charge < -0.3 is 10.1 Å². The molecule has 0 fully saturated rings. The first-order valence-corrected chi connectivity index (χ1v) is 8.76. The van der Waals surface area contributed by atoms with Gasteiger partial charge in [-0.25, -0.2) is 5.43 Å². The molecule has 0 bridgehead atoms. The van der Waals surface area contributed by atoms with Gasteiger partial charge in [0, 0.05) is 10.7 Å². The van der Waals surface area contributed by atoms with Crippen LogP contribution in [0.3, 0.4) is 0 Å². The van der Waals surface area contributed by atoms with Gasteiger partial charge in [-0.1, -0.05) is 29.8 Å². The van der Waals surface area contributed by atoms with Crippen LogP contribution in [0.2, 0.25) is 5.02 Å². The number of benzene rings is 2. The summed E-state index contributed by atoms with van der Waals surface area (Å²) >= 11 is 5.82. The number of methoxy groups -OCH3 is 1. The smallest absolute Gasteiger partial charge is 0.244 e. The number of anilines is 1. The molecule has 2 aromatic rings. The van der Waals surface area contributed by atoms with Crippen molar-refractivity contribution in [3.05, 3.63) is 58.6 Å². The minimum absolute atomic E-state index is 0.0539. The van der Waals surface area contributed by atoms with Crippen LogP contribution in [0.25, 0.3) is 0 Å². The van der Waals surface area contributed by atoms with Gasteiger partial charge in [-0.15, -0.1) is 0 Å². The van der Waals surface area contributed by atoms with Gasteiger partial charge in [-0.05, 0) is 49.2 Å². The van der Waals surface area contributed by atoms with Crippen molar-refractivity contribution in [2.75, 3.05) is 12.4 Å². The Morgan fingerprint density at radius 2 is 1.81 bits per heavy atom. The summed E-state index contributed by atoms with van der Waals surface area (Å²) in [5.41, 5.74) is 5.38. The lowest BCUT2D eigenvalue weighted by molar-refractivity contribution is -0.120. The maximum absolute atomic E-state index is 12.2. The van der Waals surface area contributed by atoms with Gasteiger partial charge in [-0.2, -0.15) is 5.10 Å². The summed E-state index contributed by atoms with van der Waals surface area (Å²) in [6.45, 7) is 3.60. The number of carbonyl (C=O) groups is 2. The first kappa shape index (κ1) is 20.5. The minimum Gasteiger partial charge on any atom is -0.495 e. The fourth-order valence-electron chi connectivity index (χ4n) is 2.37. The van der Waals surface area contributed by atoms with E-state index in [1.54, 1.807) is 44.4 Å². The van der Waals surface area contributed by atoms with Crippen LogP contribution in [0, 0.1) is 6.92 Å². The zero-order valence-corrected chi connectivity index (χ0v) is 16.3. The molecule has 0 aliphatic heterocycles. The summed E-state index contributed by atoms with van der Waals surface area (Å²) in [5, 5.41) is 7.39. The Labute approximate surface area is 163 Å². The third kappa shape index (κ3) is 6.75. The lowest BCUT2D eigenvalue weighted by atomic mass is 10.1. The fourth-order valence-corrected chi connectivity index (χ4v) is 2.50. The molecule has 27 heavy (non-hydrogen) atoms. The number of aryl methyl sites for hydroxylation is 1. The molecular formula is C20H22ClN3O3. The van der Waals surface area contributed by atoms with Crippen LogP contribution >= 0.6 is 11.6 Å². The average molecular weight is 388 g/mol. The average Bonchev–Trinajstić information content (AvgIpc) is 2.62. The van der Waals surface area contributed by atoms with Crippen LogP contribution in [0.4, 0.5) is 5.69 Å². The zero-order valence-electron chi connectivity index (χ0n) is 15.5. The standard InChI is InChI=1S/C20H22ClN3O3/c1-13-4-9-18(27-3)17(10-13)22-19(25)11-14(2)23-24-20(26)12-15-5-7-16(21)8-6-15/h4-10H,11-12H2,1-3H3,(H,22,25)(H,24,26). The molecule has 7 heteroatoms. The molecule has 0 saturated carbocycles. The number of ether oxygens (including phenoxy) is 1. The Bertz CT molecular complexity index is 848. The number of halogens is 1. The lowest BCUT2D eigenvalue weighted by Gasteiger charge is -2.11. The first-order valence-electron chi connectivity index (χ1n) is 8.38. The monoisotopic (exact) mass is 387 g/mol.